The molecule has 0 saturated carbocycles. The number of anilines is 1. The zero-order valence-electron chi connectivity index (χ0n) is 7.80. The minimum Gasteiger partial charge on any atom is -0.392 e. The number of nitro groups is 1. The SMILES string of the molecule is C[C@@H](O)CNc1ccccc1[N+](=O)[O-]. The fraction of sp³-hybridized carbons (Fsp3) is 0.333. The highest BCUT2D eigenvalue weighted by Crippen LogP contribution is 2.22. The highest BCUT2D eigenvalue weighted by Gasteiger charge is 2.11. The first-order chi connectivity index (χ1) is 6.61. The van der Waals surface area contributed by atoms with Crippen LogP contribution in [-0.4, -0.2) is 22.7 Å². The van der Waals surface area contributed by atoms with Crippen molar-refractivity contribution in [2.24, 2.45) is 0 Å². The van der Waals surface area contributed by atoms with E-state index in [2.05, 4.69) is 5.32 Å². The van der Waals surface area contributed by atoms with Gasteiger partial charge in [-0.05, 0) is 13.0 Å². The summed E-state index contributed by atoms with van der Waals surface area (Å²) in [5.41, 5.74) is 0.451. The van der Waals surface area contributed by atoms with Crippen LogP contribution in [0.5, 0.6) is 0 Å². The topological polar surface area (TPSA) is 75.4 Å². The van der Waals surface area contributed by atoms with Crippen LogP contribution in [0, 0.1) is 10.1 Å². The molecule has 1 atom stereocenters. The lowest BCUT2D eigenvalue weighted by atomic mass is 10.2. The summed E-state index contributed by atoms with van der Waals surface area (Å²) >= 11 is 0. The minimum absolute atomic E-state index is 0.0214. The molecule has 0 bridgehead atoms. The Kier molecular flexibility index (Phi) is 3.41. The summed E-state index contributed by atoms with van der Waals surface area (Å²) in [4.78, 5) is 10.1. The molecule has 0 spiro atoms. The van der Waals surface area contributed by atoms with Gasteiger partial charge in [-0.15, -0.1) is 0 Å². The van der Waals surface area contributed by atoms with Crippen molar-refractivity contribution >= 4 is 11.4 Å². The Morgan fingerprint density at radius 3 is 2.79 bits per heavy atom. The molecule has 0 aliphatic heterocycles. The van der Waals surface area contributed by atoms with Gasteiger partial charge in [0.2, 0.25) is 0 Å². The van der Waals surface area contributed by atoms with Gasteiger partial charge < -0.3 is 10.4 Å². The number of hydrogen-bond donors (Lipinski definition) is 2. The van der Waals surface area contributed by atoms with Gasteiger partial charge in [0, 0.05) is 12.6 Å². The molecule has 0 radical (unpaired) electrons. The highest BCUT2D eigenvalue weighted by atomic mass is 16.6. The van der Waals surface area contributed by atoms with Crippen molar-refractivity contribution in [3.8, 4) is 0 Å². The quantitative estimate of drug-likeness (QED) is 0.563. The third-order valence-electron chi connectivity index (χ3n) is 1.69. The van der Waals surface area contributed by atoms with Crippen molar-refractivity contribution in [2.45, 2.75) is 13.0 Å². The summed E-state index contributed by atoms with van der Waals surface area (Å²) in [6.45, 7) is 1.91. The molecule has 1 rings (SSSR count). The van der Waals surface area contributed by atoms with Crippen LogP contribution >= 0.6 is 0 Å². The van der Waals surface area contributed by atoms with Crippen molar-refractivity contribution < 1.29 is 10.0 Å². The largest absolute Gasteiger partial charge is 0.392 e. The van der Waals surface area contributed by atoms with Crippen molar-refractivity contribution in [1.29, 1.82) is 0 Å². The number of aliphatic hydroxyl groups excluding tert-OH is 1. The van der Waals surface area contributed by atoms with Crippen LogP contribution in [0.15, 0.2) is 24.3 Å². The van der Waals surface area contributed by atoms with Crippen LogP contribution in [-0.2, 0) is 0 Å². The molecule has 0 heterocycles. The van der Waals surface area contributed by atoms with Gasteiger partial charge in [0.1, 0.15) is 5.69 Å². The summed E-state index contributed by atoms with van der Waals surface area (Å²) in [5.74, 6) is 0. The van der Waals surface area contributed by atoms with Crippen molar-refractivity contribution in [3.05, 3.63) is 34.4 Å². The lowest BCUT2D eigenvalue weighted by molar-refractivity contribution is -0.384. The molecule has 0 saturated heterocycles. The smallest absolute Gasteiger partial charge is 0.292 e. The van der Waals surface area contributed by atoms with Crippen LogP contribution in [0.4, 0.5) is 11.4 Å². The summed E-state index contributed by atoms with van der Waals surface area (Å²) < 4.78 is 0. The number of para-hydroxylation sites is 2. The zero-order chi connectivity index (χ0) is 10.6. The molecule has 0 fully saturated rings. The summed E-state index contributed by atoms with van der Waals surface area (Å²) in [7, 11) is 0. The number of rotatable bonds is 4. The Morgan fingerprint density at radius 1 is 1.57 bits per heavy atom. The molecule has 1 aromatic rings. The van der Waals surface area contributed by atoms with Crippen LogP contribution in [0.2, 0.25) is 0 Å². The van der Waals surface area contributed by atoms with Gasteiger partial charge in [-0.25, -0.2) is 0 Å². The number of benzene rings is 1. The van der Waals surface area contributed by atoms with Crippen LogP contribution in [0.1, 0.15) is 6.92 Å². The zero-order valence-corrected chi connectivity index (χ0v) is 7.80. The number of nitro benzene ring substituents is 1. The molecule has 5 nitrogen and oxygen atoms in total. The van der Waals surface area contributed by atoms with Gasteiger partial charge in [0.05, 0.1) is 11.0 Å². The van der Waals surface area contributed by atoms with Gasteiger partial charge in [-0.1, -0.05) is 12.1 Å². The second-order valence-electron chi connectivity index (χ2n) is 3.00. The Morgan fingerprint density at radius 2 is 2.21 bits per heavy atom. The third-order valence-corrected chi connectivity index (χ3v) is 1.69. The Bertz CT molecular complexity index is 326. The summed E-state index contributed by atoms with van der Waals surface area (Å²) in [6, 6.07) is 6.34. The molecule has 76 valence electrons. The predicted octanol–water partition coefficient (Wildman–Crippen LogP) is 1.39. The molecule has 1 aromatic carbocycles. The number of hydrogen-bond acceptors (Lipinski definition) is 4. The lowest BCUT2D eigenvalue weighted by Gasteiger charge is -2.08. The van der Waals surface area contributed by atoms with Gasteiger partial charge in [0.25, 0.3) is 5.69 Å². The van der Waals surface area contributed by atoms with Crippen molar-refractivity contribution in [1.82, 2.24) is 0 Å². The highest BCUT2D eigenvalue weighted by molar-refractivity contribution is 5.61. The van der Waals surface area contributed by atoms with Crippen LogP contribution < -0.4 is 5.32 Å². The second kappa shape index (κ2) is 4.57. The third kappa shape index (κ3) is 2.70. The Hall–Kier alpha value is -1.62. The predicted molar refractivity (Wildman–Crippen MR) is 53.3 cm³/mol. The molecule has 0 aromatic heterocycles. The van der Waals surface area contributed by atoms with Crippen molar-refractivity contribution in [2.75, 3.05) is 11.9 Å². The molecule has 2 N–H and O–H groups in total. The maximum atomic E-state index is 10.6. The molecule has 0 amide bonds. The molecule has 14 heavy (non-hydrogen) atoms. The average Bonchev–Trinajstić information content (AvgIpc) is 2.15. The van der Waals surface area contributed by atoms with Crippen LogP contribution in [0.25, 0.3) is 0 Å². The van der Waals surface area contributed by atoms with E-state index in [-0.39, 0.29) is 5.69 Å². The van der Waals surface area contributed by atoms with E-state index >= 15 is 0 Å². The molecule has 0 aliphatic rings. The van der Waals surface area contributed by atoms with Gasteiger partial charge in [0.15, 0.2) is 0 Å². The molecular formula is C9H12N2O3. The number of nitrogens with one attached hydrogen (secondary N) is 1. The molecule has 0 unspecified atom stereocenters. The van der Waals surface area contributed by atoms with E-state index < -0.39 is 11.0 Å². The van der Waals surface area contributed by atoms with Gasteiger partial charge in [-0.3, -0.25) is 10.1 Å². The van der Waals surface area contributed by atoms with E-state index in [1.165, 1.54) is 6.07 Å². The van der Waals surface area contributed by atoms with E-state index in [4.69, 9.17) is 5.11 Å². The van der Waals surface area contributed by atoms with Crippen molar-refractivity contribution in [3.63, 3.8) is 0 Å². The molecule has 5 heteroatoms. The summed E-state index contributed by atoms with van der Waals surface area (Å²) in [6.07, 6.45) is -0.533. The maximum Gasteiger partial charge on any atom is 0.292 e. The van der Waals surface area contributed by atoms with E-state index in [1.54, 1.807) is 25.1 Å². The Balaban J connectivity index is 2.79. The fourth-order valence-corrected chi connectivity index (χ4v) is 1.04. The first-order valence-electron chi connectivity index (χ1n) is 4.26. The Labute approximate surface area is 81.5 Å². The van der Waals surface area contributed by atoms with Gasteiger partial charge in [-0.2, -0.15) is 0 Å². The van der Waals surface area contributed by atoms with Crippen LogP contribution in [0.3, 0.4) is 0 Å². The standard InChI is InChI=1S/C9H12N2O3/c1-7(12)6-10-8-4-2-3-5-9(8)11(13)14/h2-5,7,10,12H,6H2,1H3/t7-/m1/s1. The second-order valence-corrected chi connectivity index (χ2v) is 3.00. The summed E-state index contributed by atoms with van der Waals surface area (Å²) in [5, 5.41) is 22.4. The average molecular weight is 196 g/mol. The maximum absolute atomic E-state index is 10.6. The lowest BCUT2D eigenvalue weighted by Crippen LogP contribution is -2.15. The first kappa shape index (κ1) is 10.5. The first-order valence-corrected chi connectivity index (χ1v) is 4.26. The van der Waals surface area contributed by atoms with Gasteiger partial charge >= 0.3 is 0 Å². The normalized spacial score (nSPS) is 12.1. The van der Waals surface area contributed by atoms with E-state index in [9.17, 15) is 10.1 Å². The molecule has 0 aliphatic carbocycles. The number of nitrogens with zero attached hydrogens (tertiary/aromatic N) is 1. The number of aliphatic hydroxyl groups is 1. The van der Waals surface area contributed by atoms with E-state index in [1.807, 2.05) is 0 Å². The monoisotopic (exact) mass is 196 g/mol. The molecular weight excluding hydrogens is 184 g/mol. The van der Waals surface area contributed by atoms with E-state index in [0.29, 0.717) is 12.2 Å². The van der Waals surface area contributed by atoms with E-state index in [0.717, 1.165) is 0 Å². The fourth-order valence-electron chi connectivity index (χ4n) is 1.04. The minimum atomic E-state index is -0.533.